The fourth-order valence-corrected chi connectivity index (χ4v) is 0.503. The third-order valence-corrected chi connectivity index (χ3v) is 1.31. The van der Waals surface area contributed by atoms with E-state index in [0.29, 0.717) is 0 Å². The topological polar surface area (TPSA) is 40.6 Å². The first-order valence-corrected chi connectivity index (χ1v) is 3.07. The number of carbonyl (C=O) groups excluding carboxylic acids is 2. The summed E-state index contributed by atoms with van der Waals surface area (Å²) in [7, 11) is 3.10. The van der Waals surface area contributed by atoms with Crippen LogP contribution in [0.2, 0.25) is 0 Å². The minimum Gasteiger partial charge on any atom is -0.330 e. The molecule has 0 aliphatic rings. The van der Waals surface area contributed by atoms with Gasteiger partial charge in [-0.25, -0.2) is 9.10 Å². The fourth-order valence-electron chi connectivity index (χ4n) is 0.324. The molecule has 0 fully saturated rings. The van der Waals surface area contributed by atoms with Crippen molar-refractivity contribution in [2.45, 2.75) is 6.92 Å². The third kappa shape index (κ3) is 2.26. The molecule has 0 heterocycles. The Morgan fingerprint density at radius 3 is 1.80 bits per heavy atom. The maximum Gasteiger partial charge on any atom is 0.336 e. The molecule has 0 aliphatic heterocycles. The molecule has 0 bridgehead atoms. The van der Waals surface area contributed by atoms with Crippen molar-refractivity contribution in [3.05, 3.63) is 0 Å². The molecule has 0 atom stereocenters. The molecular weight excluding hydrogens is 152 g/mol. The van der Waals surface area contributed by atoms with E-state index in [-0.39, 0.29) is 5.91 Å². The summed E-state index contributed by atoms with van der Waals surface area (Å²) in [5.74, 6) is -0.387. The second kappa shape index (κ2) is 3.46. The Balaban J connectivity index is 4.08. The van der Waals surface area contributed by atoms with Gasteiger partial charge in [-0.2, -0.15) is 0 Å². The Morgan fingerprint density at radius 2 is 1.70 bits per heavy atom. The molecule has 10 heavy (non-hydrogen) atoms. The molecule has 3 amide bonds. The van der Waals surface area contributed by atoms with Gasteiger partial charge in [0.05, 0.1) is 0 Å². The molecule has 0 saturated carbocycles. The number of imide groups is 1. The van der Waals surface area contributed by atoms with Crippen molar-refractivity contribution in [2.75, 3.05) is 14.1 Å². The number of hydrogen-bond donors (Lipinski definition) is 1. The first-order chi connectivity index (χ1) is 4.46. The van der Waals surface area contributed by atoms with Crippen LogP contribution in [0.25, 0.3) is 0 Å². The van der Waals surface area contributed by atoms with Gasteiger partial charge in [0, 0.05) is 21.0 Å². The highest BCUT2D eigenvalue weighted by atomic mass is 32.1. The molecular formula is C5H10N2O2S. The van der Waals surface area contributed by atoms with Gasteiger partial charge in [0.25, 0.3) is 0 Å². The normalized spacial score (nSPS) is 8.80. The summed E-state index contributed by atoms with van der Waals surface area (Å²) in [6, 6.07) is -0.434. The first-order valence-electron chi connectivity index (χ1n) is 2.67. The third-order valence-electron chi connectivity index (χ3n) is 0.862. The summed E-state index contributed by atoms with van der Waals surface area (Å²) in [5.41, 5.74) is 0. The van der Waals surface area contributed by atoms with Gasteiger partial charge in [0.1, 0.15) is 0 Å². The van der Waals surface area contributed by atoms with Gasteiger partial charge >= 0.3 is 6.03 Å². The zero-order valence-electron chi connectivity index (χ0n) is 6.16. The van der Waals surface area contributed by atoms with E-state index in [9.17, 15) is 9.59 Å². The van der Waals surface area contributed by atoms with E-state index in [4.69, 9.17) is 0 Å². The van der Waals surface area contributed by atoms with E-state index in [1.165, 1.54) is 11.8 Å². The Kier molecular flexibility index (Phi) is 3.21. The predicted octanol–water partition coefficient (Wildman–Crippen LogP) is 0.361. The van der Waals surface area contributed by atoms with Crippen LogP contribution in [-0.2, 0) is 4.79 Å². The fraction of sp³-hybridized carbons (Fsp3) is 0.600. The summed E-state index contributed by atoms with van der Waals surface area (Å²) >= 11 is 3.65. The van der Waals surface area contributed by atoms with Gasteiger partial charge in [0.2, 0.25) is 5.91 Å². The number of carbonyl (C=O) groups is 2. The molecule has 0 unspecified atom stereocenters. The summed E-state index contributed by atoms with van der Waals surface area (Å²) in [4.78, 5) is 22.6. The lowest BCUT2D eigenvalue weighted by Crippen LogP contribution is -2.35. The average molecular weight is 162 g/mol. The molecule has 0 aromatic heterocycles. The lowest BCUT2D eigenvalue weighted by atomic mass is 10.7. The molecule has 0 saturated heterocycles. The highest BCUT2D eigenvalue weighted by Crippen LogP contribution is 1.97. The molecule has 0 rings (SSSR count). The Morgan fingerprint density at radius 1 is 1.30 bits per heavy atom. The summed E-state index contributed by atoms with van der Waals surface area (Å²) in [5, 5.41) is 0. The summed E-state index contributed by atoms with van der Waals surface area (Å²) < 4.78 is 0.750. The van der Waals surface area contributed by atoms with Gasteiger partial charge in [-0.15, -0.1) is 0 Å². The zero-order chi connectivity index (χ0) is 8.31. The summed E-state index contributed by atoms with van der Waals surface area (Å²) in [6.07, 6.45) is 0. The number of rotatable bonds is 0. The van der Waals surface area contributed by atoms with Crippen LogP contribution in [0, 0.1) is 0 Å². The lowest BCUT2D eigenvalue weighted by molar-refractivity contribution is -0.122. The molecule has 5 heteroatoms. The quantitative estimate of drug-likeness (QED) is 0.522. The van der Waals surface area contributed by atoms with E-state index >= 15 is 0 Å². The predicted molar refractivity (Wildman–Crippen MR) is 40.6 cm³/mol. The monoisotopic (exact) mass is 162 g/mol. The van der Waals surface area contributed by atoms with Crippen LogP contribution in [0.1, 0.15) is 6.92 Å². The van der Waals surface area contributed by atoms with Crippen LogP contribution >= 0.6 is 12.8 Å². The van der Waals surface area contributed by atoms with Crippen LogP contribution in [0.5, 0.6) is 0 Å². The molecule has 0 N–H and O–H groups in total. The van der Waals surface area contributed by atoms with Gasteiger partial charge in [0.15, 0.2) is 0 Å². The second-order valence-corrected chi connectivity index (χ2v) is 2.41. The zero-order valence-corrected chi connectivity index (χ0v) is 7.05. The van der Waals surface area contributed by atoms with Crippen LogP contribution in [0.15, 0.2) is 0 Å². The number of hydrogen-bond acceptors (Lipinski definition) is 3. The first kappa shape index (κ1) is 9.29. The average Bonchev–Trinajstić information content (AvgIpc) is 1.84. The van der Waals surface area contributed by atoms with E-state index in [2.05, 4.69) is 12.8 Å². The van der Waals surface area contributed by atoms with Crippen LogP contribution in [-0.4, -0.2) is 35.2 Å². The standard InChI is InChI=1S/C5H10N2O2S/c1-4(8)7(10)5(9)6(2)3/h10H,1-3H3. The van der Waals surface area contributed by atoms with Crippen molar-refractivity contribution in [3.63, 3.8) is 0 Å². The number of nitrogens with zero attached hydrogens (tertiary/aromatic N) is 2. The maximum atomic E-state index is 10.8. The minimum atomic E-state index is -0.434. The van der Waals surface area contributed by atoms with Crippen molar-refractivity contribution in [1.82, 2.24) is 9.21 Å². The van der Waals surface area contributed by atoms with Crippen LogP contribution < -0.4 is 0 Å². The van der Waals surface area contributed by atoms with Crippen molar-refractivity contribution in [3.8, 4) is 0 Å². The lowest BCUT2D eigenvalue weighted by Gasteiger charge is -2.16. The smallest absolute Gasteiger partial charge is 0.330 e. The molecule has 0 aliphatic carbocycles. The Labute approximate surface area is 65.3 Å². The maximum absolute atomic E-state index is 10.8. The van der Waals surface area contributed by atoms with Crippen LogP contribution in [0.3, 0.4) is 0 Å². The highest BCUT2D eigenvalue weighted by molar-refractivity contribution is 7.79. The largest absolute Gasteiger partial charge is 0.336 e. The van der Waals surface area contributed by atoms with Crippen molar-refractivity contribution < 1.29 is 9.59 Å². The van der Waals surface area contributed by atoms with Crippen LogP contribution in [0.4, 0.5) is 4.79 Å². The number of urea groups is 1. The van der Waals surface area contributed by atoms with E-state index in [1.807, 2.05) is 0 Å². The Hall–Kier alpha value is -0.710. The molecule has 0 aromatic carbocycles. The van der Waals surface area contributed by atoms with Crippen molar-refractivity contribution >= 4 is 24.8 Å². The van der Waals surface area contributed by atoms with Gasteiger partial charge in [-0.3, -0.25) is 4.79 Å². The van der Waals surface area contributed by atoms with E-state index in [1.54, 1.807) is 14.1 Å². The van der Waals surface area contributed by atoms with Crippen molar-refractivity contribution in [2.24, 2.45) is 0 Å². The molecule has 0 aromatic rings. The van der Waals surface area contributed by atoms with Gasteiger partial charge < -0.3 is 4.90 Å². The van der Waals surface area contributed by atoms with Gasteiger partial charge in [-0.05, 0) is 0 Å². The number of thiol groups is 1. The van der Waals surface area contributed by atoms with Crippen molar-refractivity contribution in [1.29, 1.82) is 0 Å². The Bertz CT molecular complexity index is 158. The molecule has 0 radical (unpaired) electrons. The second-order valence-electron chi connectivity index (χ2n) is 2.01. The van der Waals surface area contributed by atoms with Gasteiger partial charge in [-0.1, -0.05) is 12.8 Å². The van der Waals surface area contributed by atoms with E-state index < -0.39 is 6.03 Å². The number of amides is 3. The summed E-state index contributed by atoms with van der Waals surface area (Å²) in [6.45, 7) is 1.27. The SMILES string of the molecule is CC(=O)N(S)C(=O)N(C)C. The molecule has 4 nitrogen and oxygen atoms in total. The minimum absolute atomic E-state index is 0.387. The van der Waals surface area contributed by atoms with E-state index in [0.717, 1.165) is 4.31 Å². The molecule has 58 valence electrons. The molecule has 0 spiro atoms. The highest BCUT2D eigenvalue weighted by Gasteiger charge is 2.14.